The fourth-order valence-corrected chi connectivity index (χ4v) is 3.65. The zero-order chi connectivity index (χ0) is 17.5. The Kier molecular flexibility index (Phi) is 8.60. The van der Waals surface area contributed by atoms with E-state index in [0.717, 1.165) is 44.6 Å². The van der Waals surface area contributed by atoms with E-state index in [1.54, 1.807) is 0 Å². The monoisotopic (exact) mass is 533 g/mol. The SMILES string of the molecule is CCC(=O)N(c1ccccc1)C1CCN(CCc2ccccc2)CC1.[Au]. The zero-order valence-electron chi connectivity index (χ0n) is 15.4. The van der Waals surface area contributed by atoms with Crippen LogP contribution in [0.15, 0.2) is 60.7 Å². The van der Waals surface area contributed by atoms with Crippen molar-refractivity contribution in [2.24, 2.45) is 0 Å². The van der Waals surface area contributed by atoms with Gasteiger partial charge in [0.05, 0.1) is 0 Å². The van der Waals surface area contributed by atoms with Gasteiger partial charge in [0, 0.05) is 60.2 Å². The first kappa shape index (κ1) is 20.9. The van der Waals surface area contributed by atoms with Crippen LogP contribution in [0.5, 0.6) is 0 Å². The first-order valence-electron chi connectivity index (χ1n) is 9.41. The molecule has 2 aromatic carbocycles. The molecule has 1 aliphatic heterocycles. The number of benzene rings is 2. The quantitative estimate of drug-likeness (QED) is 0.522. The Morgan fingerprint density at radius 3 is 2.15 bits per heavy atom. The largest absolute Gasteiger partial charge is 0.309 e. The van der Waals surface area contributed by atoms with E-state index in [2.05, 4.69) is 47.4 Å². The molecular weight excluding hydrogens is 505 g/mol. The van der Waals surface area contributed by atoms with Crippen molar-refractivity contribution in [1.29, 1.82) is 0 Å². The molecule has 0 bridgehead atoms. The molecule has 1 fully saturated rings. The molecule has 1 radical (unpaired) electrons. The van der Waals surface area contributed by atoms with Crippen molar-refractivity contribution >= 4 is 11.6 Å². The average Bonchev–Trinajstić information content (AvgIpc) is 2.69. The minimum Gasteiger partial charge on any atom is -0.309 e. The minimum absolute atomic E-state index is 0. The third-order valence-electron chi connectivity index (χ3n) is 5.09. The predicted molar refractivity (Wildman–Crippen MR) is 104 cm³/mol. The molecule has 0 spiro atoms. The number of piperidine rings is 1. The van der Waals surface area contributed by atoms with Crippen molar-refractivity contribution in [1.82, 2.24) is 4.90 Å². The van der Waals surface area contributed by atoms with Crippen LogP contribution < -0.4 is 4.90 Å². The second-order valence-electron chi connectivity index (χ2n) is 6.76. The average molecular weight is 533 g/mol. The molecule has 0 saturated carbocycles. The number of rotatable bonds is 6. The molecule has 0 aliphatic carbocycles. The summed E-state index contributed by atoms with van der Waals surface area (Å²) in [6, 6.07) is 21.1. The van der Waals surface area contributed by atoms with E-state index < -0.39 is 0 Å². The number of likely N-dealkylation sites (tertiary alicyclic amines) is 1. The van der Waals surface area contributed by atoms with E-state index in [1.807, 2.05) is 30.0 Å². The fourth-order valence-electron chi connectivity index (χ4n) is 3.65. The van der Waals surface area contributed by atoms with Gasteiger partial charge in [-0.2, -0.15) is 0 Å². The van der Waals surface area contributed by atoms with Crippen LogP contribution in [-0.2, 0) is 33.6 Å². The maximum atomic E-state index is 12.5. The molecule has 1 amide bonds. The summed E-state index contributed by atoms with van der Waals surface area (Å²) < 4.78 is 0. The van der Waals surface area contributed by atoms with E-state index in [9.17, 15) is 4.79 Å². The van der Waals surface area contributed by atoms with Crippen LogP contribution in [0.2, 0.25) is 0 Å². The summed E-state index contributed by atoms with van der Waals surface area (Å²) in [7, 11) is 0. The van der Waals surface area contributed by atoms with Crippen LogP contribution in [0.3, 0.4) is 0 Å². The van der Waals surface area contributed by atoms with Crippen LogP contribution >= 0.6 is 0 Å². The third kappa shape index (κ3) is 5.55. The topological polar surface area (TPSA) is 23.6 Å². The molecule has 3 nitrogen and oxygen atoms in total. The van der Waals surface area contributed by atoms with Gasteiger partial charge in [-0.15, -0.1) is 0 Å². The Balaban J connectivity index is 0.00000243. The Morgan fingerprint density at radius 1 is 1.00 bits per heavy atom. The number of carbonyl (C=O) groups excluding carboxylic acids is 1. The van der Waals surface area contributed by atoms with Crippen LogP contribution in [-0.4, -0.2) is 36.5 Å². The summed E-state index contributed by atoms with van der Waals surface area (Å²) in [6.07, 6.45) is 3.76. The van der Waals surface area contributed by atoms with E-state index in [1.165, 1.54) is 5.56 Å². The molecule has 0 aromatic heterocycles. The standard InChI is InChI=1S/C22H28N2O.Au/c1-2-22(25)24(20-11-7-4-8-12-20)21-14-17-23(18-15-21)16-13-19-9-5-3-6-10-19;/h3-12,21H,2,13-18H2,1H3;. The summed E-state index contributed by atoms with van der Waals surface area (Å²) in [5.41, 5.74) is 2.44. The number of anilines is 1. The van der Waals surface area contributed by atoms with Gasteiger partial charge >= 0.3 is 0 Å². The van der Waals surface area contributed by atoms with Crippen LogP contribution in [0.4, 0.5) is 5.69 Å². The third-order valence-corrected chi connectivity index (χ3v) is 5.09. The first-order chi connectivity index (χ1) is 12.3. The molecule has 0 N–H and O–H groups in total. The van der Waals surface area contributed by atoms with Crippen molar-refractivity contribution in [3.8, 4) is 0 Å². The van der Waals surface area contributed by atoms with Crippen molar-refractivity contribution in [3.63, 3.8) is 0 Å². The molecule has 2 aromatic rings. The molecule has 1 saturated heterocycles. The number of amides is 1. The number of hydrogen-bond acceptors (Lipinski definition) is 2. The second-order valence-corrected chi connectivity index (χ2v) is 6.76. The van der Waals surface area contributed by atoms with Crippen molar-refractivity contribution < 1.29 is 27.2 Å². The molecule has 26 heavy (non-hydrogen) atoms. The zero-order valence-corrected chi connectivity index (χ0v) is 17.6. The van der Waals surface area contributed by atoms with Crippen LogP contribution in [0.25, 0.3) is 0 Å². The van der Waals surface area contributed by atoms with Gasteiger partial charge in [-0.3, -0.25) is 4.79 Å². The molecule has 143 valence electrons. The Labute approximate surface area is 172 Å². The number of hydrogen-bond donors (Lipinski definition) is 0. The summed E-state index contributed by atoms with van der Waals surface area (Å²) in [6.45, 7) is 5.19. The van der Waals surface area contributed by atoms with Gasteiger partial charge in [0.1, 0.15) is 0 Å². The summed E-state index contributed by atoms with van der Waals surface area (Å²) in [5.74, 6) is 0.230. The smallest absolute Gasteiger partial charge is 0.226 e. The van der Waals surface area contributed by atoms with Crippen molar-refractivity contribution in [3.05, 3.63) is 66.2 Å². The van der Waals surface area contributed by atoms with Gasteiger partial charge < -0.3 is 9.80 Å². The Morgan fingerprint density at radius 2 is 1.58 bits per heavy atom. The molecule has 1 heterocycles. The van der Waals surface area contributed by atoms with E-state index >= 15 is 0 Å². The second kappa shape index (κ2) is 10.7. The van der Waals surface area contributed by atoms with Gasteiger partial charge in [0.25, 0.3) is 0 Å². The predicted octanol–water partition coefficient (Wildman–Crippen LogP) is 4.13. The van der Waals surface area contributed by atoms with Crippen molar-refractivity contribution in [2.45, 2.75) is 38.6 Å². The Hall–Kier alpha value is -1.39. The van der Waals surface area contributed by atoms with Crippen LogP contribution in [0, 0.1) is 0 Å². The van der Waals surface area contributed by atoms with Gasteiger partial charge in [0.15, 0.2) is 0 Å². The molecule has 4 heteroatoms. The minimum atomic E-state index is 0. The maximum Gasteiger partial charge on any atom is 0.226 e. The number of nitrogens with zero attached hydrogens (tertiary/aromatic N) is 2. The van der Waals surface area contributed by atoms with Gasteiger partial charge in [0.2, 0.25) is 5.91 Å². The van der Waals surface area contributed by atoms with E-state index in [0.29, 0.717) is 12.5 Å². The fraction of sp³-hybridized carbons (Fsp3) is 0.409. The maximum absolute atomic E-state index is 12.5. The number of carbonyl (C=O) groups is 1. The van der Waals surface area contributed by atoms with E-state index in [-0.39, 0.29) is 28.3 Å². The molecule has 0 atom stereocenters. The molecule has 1 aliphatic rings. The van der Waals surface area contributed by atoms with Gasteiger partial charge in [-0.1, -0.05) is 55.5 Å². The summed E-state index contributed by atoms with van der Waals surface area (Å²) >= 11 is 0. The van der Waals surface area contributed by atoms with Crippen molar-refractivity contribution in [2.75, 3.05) is 24.5 Å². The van der Waals surface area contributed by atoms with Gasteiger partial charge in [-0.05, 0) is 37.0 Å². The first-order valence-corrected chi connectivity index (χ1v) is 9.41. The Bertz CT molecular complexity index is 654. The van der Waals surface area contributed by atoms with E-state index in [4.69, 9.17) is 0 Å². The summed E-state index contributed by atoms with van der Waals surface area (Å²) in [4.78, 5) is 17.1. The number of para-hydroxylation sites is 1. The normalized spacial score (nSPS) is 15.3. The summed E-state index contributed by atoms with van der Waals surface area (Å²) in [5, 5.41) is 0. The molecule has 0 unspecified atom stereocenters. The van der Waals surface area contributed by atoms with Gasteiger partial charge in [-0.25, -0.2) is 0 Å². The molecular formula is C22H28AuN2O. The molecule has 3 rings (SSSR count). The van der Waals surface area contributed by atoms with Crippen LogP contribution in [0.1, 0.15) is 31.7 Å².